The van der Waals surface area contributed by atoms with E-state index in [-0.39, 0.29) is 5.91 Å². The number of hydrogen-bond acceptors (Lipinski definition) is 5. The predicted molar refractivity (Wildman–Crippen MR) is 129 cm³/mol. The SMILES string of the molecule is Cc1ccc(-c2csc(NC(=O)CN3CCN(Cc4cccc(Cl)c4)CC3)n2)cc1C. The number of piperazine rings is 1. The number of carbonyl (C=O) groups is 1. The molecule has 0 radical (unpaired) electrons. The van der Waals surface area contributed by atoms with Crippen molar-refractivity contribution in [3.05, 3.63) is 69.6 Å². The van der Waals surface area contributed by atoms with Crippen LogP contribution < -0.4 is 5.32 Å². The van der Waals surface area contributed by atoms with Gasteiger partial charge < -0.3 is 5.32 Å². The van der Waals surface area contributed by atoms with Crippen molar-refractivity contribution >= 4 is 34.0 Å². The van der Waals surface area contributed by atoms with Crippen molar-refractivity contribution in [3.8, 4) is 11.3 Å². The molecule has 1 N–H and O–H groups in total. The minimum absolute atomic E-state index is 0.00993. The maximum atomic E-state index is 12.5. The molecule has 7 heteroatoms. The molecule has 1 aromatic heterocycles. The third-order valence-corrected chi connectivity index (χ3v) is 6.67. The Kier molecular flexibility index (Phi) is 7.02. The summed E-state index contributed by atoms with van der Waals surface area (Å²) in [5.41, 5.74) is 5.71. The van der Waals surface area contributed by atoms with Crippen LogP contribution in [0.3, 0.4) is 0 Å². The van der Waals surface area contributed by atoms with Gasteiger partial charge in [-0.1, -0.05) is 35.9 Å². The molecule has 0 saturated carbocycles. The number of amides is 1. The normalized spacial score (nSPS) is 15.2. The van der Waals surface area contributed by atoms with E-state index in [1.54, 1.807) is 0 Å². The summed E-state index contributed by atoms with van der Waals surface area (Å²) in [7, 11) is 0. The summed E-state index contributed by atoms with van der Waals surface area (Å²) in [6.45, 7) is 9.11. The molecule has 1 amide bonds. The largest absolute Gasteiger partial charge is 0.301 e. The van der Waals surface area contributed by atoms with Crippen LogP contribution in [0, 0.1) is 13.8 Å². The predicted octanol–water partition coefficient (Wildman–Crippen LogP) is 4.84. The van der Waals surface area contributed by atoms with Gasteiger partial charge in [0.15, 0.2) is 5.13 Å². The van der Waals surface area contributed by atoms with Crippen LogP contribution in [0.5, 0.6) is 0 Å². The fourth-order valence-electron chi connectivity index (χ4n) is 3.73. The Morgan fingerprint density at radius 2 is 1.84 bits per heavy atom. The molecule has 31 heavy (non-hydrogen) atoms. The Morgan fingerprint density at radius 3 is 2.58 bits per heavy atom. The van der Waals surface area contributed by atoms with E-state index in [1.165, 1.54) is 28.0 Å². The fourth-order valence-corrected chi connectivity index (χ4v) is 4.67. The van der Waals surface area contributed by atoms with Crippen LogP contribution in [0.25, 0.3) is 11.3 Å². The molecular formula is C24H27ClN4OS. The van der Waals surface area contributed by atoms with E-state index in [1.807, 2.05) is 23.6 Å². The number of rotatable bonds is 6. The van der Waals surface area contributed by atoms with E-state index in [4.69, 9.17) is 11.6 Å². The number of nitrogens with zero attached hydrogens (tertiary/aromatic N) is 3. The maximum Gasteiger partial charge on any atom is 0.240 e. The Hall–Kier alpha value is -2.25. The highest BCUT2D eigenvalue weighted by Crippen LogP contribution is 2.26. The molecule has 0 bridgehead atoms. The Labute approximate surface area is 192 Å². The van der Waals surface area contributed by atoms with Gasteiger partial charge >= 0.3 is 0 Å². The van der Waals surface area contributed by atoms with Crippen LogP contribution >= 0.6 is 22.9 Å². The molecule has 1 saturated heterocycles. The zero-order valence-corrected chi connectivity index (χ0v) is 19.5. The second-order valence-electron chi connectivity index (χ2n) is 8.07. The lowest BCUT2D eigenvalue weighted by Gasteiger charge is -2.34. The number of carbonyl (C=O) groups excluding carboxylic acids is 1. The van der Waals surface area contributed by atoms with Crippen LogP contribution in [0.2, 0.25) is 5.02 Å². The van der Waals surface area contributed by atoms with Crippen LogP contribution in [-0.2, 0) is 11.3 Å². The van der Waals surface area contributed by atoms with Crippen LogP contribution in [0.1, 0.15) is 16.7 Å². The van der Waals surface area contributed by atoms with Crippen molar-refractivity contribution in [3.63, 3.8) is 0 Å². The van der Waals surface area contributed by atoms with E-state index in [0.29, 0.717) is 11.7 Å². The lowest BCUT2D eigenvalue weighted by atomic mass is 10.1. The topological polar surface area (TPSA) is 48.5 Å². The van der Waals surface area contributed by atoms with Gasteiger partial charge in [-0.15, -0.1) is 11.3 Å². The quantitative estimate of drug-likeness (QED) is 0.579. The van der Waals surface area contributed by atoms with Crippen molar-refractivity contribution in [2.24, 2.45) is 0 Å². The van der Waals surface area contributed by atoms with Gasteiger partial charge in [-0.3, -0.25) is 14.6 Å². The van der Waals surface area contributed by atoms with Gasteiger partial charge in [0.05, 0.1) is 12.2 Å². The number of aryl methyl sites for hydroxylation is 2. The van der Waals surface area contributed by atoms with Crippen LogP contribution in [-0.4, -0.2) is 53.4 Å². The molecule has 1 aliphatic heterocycles. The first-order valence-corrected chi connectivity index (χ1v) is 11.7. The summed E-state index contributed by atoms with van der Waals surface area (Å²) in [4.78, 5) is 21.7. The summed E-state index contributed by atoms with van der Waals surface area (Å²) >= 11 is 7.55. The average molecular weight is 455 g/mol. The minimum Gasteiger partial charge on any atom is -0.301 e. The molecule has 2 aromatic carbocycles. The molecule has 4 rings (SSSR count). The molecular weight excluding hydrogens is 428 g/mol. The molecule has 0 aliphatic carbocycles. The summed E-state index contributed by atoms with van der Waals surface area (Å²) < 4.78 is 0. The number of halogens is 1. The molecule has 0 atom stereocenters. The van der Waals surface area contributed by atoms with Crippen molar-refractivity contribution < 1.29 is 4.79 Å². The van der Waals surface area contributed by atoms with Gasteiger partial charge in [0, 0.05) is 48.7 Å². The summed E-state index contributed by atoms with van der Waals surface area (Å²) in [5.74, 6) is -0.00993. The number of thiazole rings is 1. The van der Waals surface area contributed by atoms with Crippen molar-refractivity contribution in [1.82, 2.24) is 14.8 Å². The second kappa shape index (κ2) is 9.92. The zero-order chi connectivity index (χ0) is 21.8. The third-order valence-electron chi connectivity index (χ3n) is 5.68. The summed E-state index contributed by atoms with van der Waals surface area (Å²) in [5, 5.41) is 6.38. The molecule has 1 aliphatic rings. The Bertz CT molecular complexity index is 1060. The number of aromatic nitrogens is 1. The maximum absolute atomic E-state index is 12.5. The molecule has 5 nitrogen and oxygen atoms in total. The van der Waals surface area contributed by atoms with Crippen molar-refractivity contribution in [2.75, 3.05) is 38.0 Å². The van der Waals surface area contributed by atoms with Gasteiger partial charge in [0.25, 0.3) is 0 Å². The van der Waals surface area contributed by atoms with E-state index in [2.05, 4.69) is 58.2 Å². The Balaban J connectivity index is 1.25. The average Bonchev–Trinajstić information content (AvgIpc) is 3.20. The van der Waals surface area contributed by atoms with E-state index in [9.17, 15) is 4.79 Å². The first kappa shape index (κ1) is 22.0. The fraction of sp³-hybridized carbons (Fsp3) is 0.333. The van der Waals surface area contributed by atoms with Crippen molar-refractivity contribution in [1.29, 1.82) is 0 Å². The molecule has 0 spiro atoms. The van der Waals surface area contributed by atoms with Gasteiger partial charge in [-0.05, 0) is 48.7 Å². The zero-order valence-electron chi connectivity index (χ0n) is 17.9. The minimum atomic E-state index is -0.00993. The lowest BCUT2D eigenvalue weighted by molar-refractivity contribution is -0.117. The van der Waals surface area contributed by atoms with E-state index >= 15 is 0 Å². The van der Waals surface area contributed by atoms with Gasteiger partial charge in [-0.25, -0.2) is 4.98 Å². The summed E-state index contributed by atoms with van der Waals surface area (Å²) in [6.07, 6.45) is 0. The van der Waals surface area contributed by atoms with Gasteiger partial charge in [0.1, 0.15) is 0 Å². The summed E-state index contributed by atoms with van der Waals surface area (Å²) in [6, 6.07) is 14.3. The molecule has 162 valence electrons. The number of hydrogen-bond donors (Lipinski definition) is 1. The molecule has 3 aromatic rings. The van der Waals surface area contributed by atoms with Crippen LogP contribution in [0.4, 0.5) is 5.13 Å². The monoisotopic (exact) mass is 454 g/mol. The number of benzene rings is 2. The van der Waals surface area contributed by atoms with Gasteiger partial charge in [0.2, 0.25) is 5.91 Å². The van der Waals surface area contributed by atoms with Crippen LogP contribution in [0.15, 0.2) is 47.8 Å². The highest BCUT2D eigenvalue weighted by Gasteiger charge is 2.19. The van der Waals surface area contributed by atoms with E-state index < -0.39 is 0 Å². The highest BCUT2D eigenvalue weighted by molar-refractivity contribution is 7.14. The molecule has 0 unspecified atom stereocenters. The third kappa shape index (κ3) is 5.92. The number of nitrogens with one attached hydrogen (secondary N) is 1. The Morgan fingerprint density at radius 1 is 1.06 bits per heavy atom. The lowest BCUT2D eigenvalue weighted by Crippen LogP contribution is -2.48. The molecule has 2 heterocycles. The highest BCUT2D eigenvalue weighted by atomic mass is 35.5. The smallest absolute Gasteiger partial charge is 0.240 e. The second-order valence-corrected chi connectivity index (χ2v) is 9.36. The van der Waals surface area contributed by atoms with E-state index in [0.717, 1.165) is 49.0 Å². The first-order chi connectivity index (χ1) is 15.0. The van der Waals surface area contributed by atoms with Gasteiger partial charge in [-0.2, -0.15) is 0 Å². The van der Waals surface area contributed by atoms with Crippen molar-refractivity contribution in [2.45, 2.75) is 20.4 Å². The first-order valence-electron chi connectivity index (χ1n) is 10.5. The number of anilines is 1. The molecule has 1 fully saturated rings. The standard InChI is InChI=1S/C24H27ClN4OS/c1-17-6-7-20(12-18(17)2)22-16-31-24(26-22)27-23(30)15-29-10-8-28(9-11-29)14-19-4-3-5-21(25)13-19/h3-7,12-13,16H,8-11,14-15H2,1-2H3,(H,26,27,30).